The second-order valence-corrected chi connectivity index (χ2v) is 5.97. The highest BCUT2D eigenvalue weighted by atomic mass is 16.5. The van der Waals surface area contributed by atoms with Crippen molar-refractivity contribution in [1.82, 2.24) is 10.2 Å². The van der Waals surface area contributed by atoms with Crippen LogP contribution in [0.3, 0.4) is 0 Å². The molecule has 1 N–H and O–H groups in total. The number of methoxy groups -OCH3 is 1. The summed E-state index contributed by atoms with van der Waals surface area (Å²) in [5.41, 5.74) is 0.191. The molecule has 0 saturated heterocycles. The van der Waals surface area contributed by atoms with Gasteiger partial charge in [0.15, 0.2) is 0 Å². The predicted molar refractivity (Wildman–Crippen MR) is 75.6 cm³/mol. The fourth-order valence-electron chi connectivity index (χ4n) is 1.88. The van der Waals surface area contributed by atoms with Crippen LogP contribution in [0, 0.1) is 0 Å². The lowest BCUT2D eigenvalue weighted by atomic mass is 10.1. The van der Waals surface area contributed by atoms with Crippen molar-refractivity contribution in [3.63, 3.8) is 0 Å². The first-order chi connectivity index (χ1) is 7.81. The van der Waals surface area contributed by atoms with Crippen LogP contribution in [0.25, 0.3) is 0 Å². The van der Waals surface area contributed by atoms with E-state index in [4.69, 9.17) is 4.74 Å². The summed E-state index contributed by atoms with van der Waals surface area (Å²) < 4.78 is 5.20. The highest BCUT2D eigenvalue weighted by Crippen LogP contribution is 2.09. The zero-order valence-corrected chi connectivity index (χ0v) is 12.8. The van der Waals surface area contributed by atoms with E-state index < -0.39 is 0 Å². The highest BCUT2D eigenvalue weighted by molar-refractivity contribution is 4.78. The molecule has 0 bridgehead atoms. The number of hydrogen-bond acceptors (Lipinski definition) is 3. The predicted octanol–water partition coefficient (Wildman–Crippen LogP) is 2.51. The monoisotopic (exact) mass is 244 g/mol. The molecule has 0 spiro atoms. The molecule has 0 radical (unpaired) electrons. The Morgan fingerprint density at radius 2 is 1.76 bits per heavy atom. The quantitative estimate of drug-likeness (QED) is 0.710. The van der Waals surface area contributed by atoms with Gasteiger partial charge in [-0.25, -0.2) is 0 Å². The van der Waals surface area contributed by atoms with Crippen molar-refractivity contribution >= 4 is 0 Å². The summed E-state index contributed by atoms with van der Waals surface area (Å²) in [5.74, 6) is 0. The summed E-state index contributed by atoms with van der Waals surface area (Å²) in [6.07, 6.45) is 1.18. The standard InChI is InChI=1S/C14H32N2O/c1-8-12(2)16(9-10-17-7)13(3)11-15-14(4,5)6/h12-13,15H,8-11H2,1-7H3. The Kier molecular flexibility index (Phi) is 8.01. The zero-order chi connectivity index (χ0) is 13.5. The molecule has 0 aliphatic heterocycles. The first-order valence-electron chi connectivity index (χ1n) is 6.81. The van der Waals surface area contributed by atoms with Gasteiger partial charge in [-0.1, -0.05) is 6.92 Å². The molecule has 0 aromatic heterocycles. The van der Waals surface area contributed by atoms with Crippen molar-refractivity contribution in [1.29, 1.82) is 0 Å². The Hall–Kier alpha value is -0.120. The van der Waals surface area contributed by atoms with Gasteiger partial charge < -0.3 is 10.1 Å². The van der Waals surface area contributed by atoms with Gasteiger partial charge in [-0.15, -0.1) is 0 Å². The van der Waals surface area contributed by atoms with Crippen LogP contribution < -0.4 is 5.32 Å². The molecule has 104 valence electrons. The smallest absolute Gasteiger partial charge is 0.0589 e. The molecule has 2 atom stereocenters. The maximum Gasteiger partial charge on any atom is 0.0589 e. The van der Waals surface area contributed by atoms with Crippen molar-refractivity contribution in [3.05, 3.63) is 0 Å². The van der Waals surface area contributed by atoms with Crippen LogP contribution in [0.5, 0.6) is 0 Å². The third kappa shape index (κ3) is 7.74. The van der Waals surface area contributed by atoms with Gasteiger partial charge in [0.05, 0.1) is 6.61 Å². The van der Waals surface area contributed by atoms with Gasteiger partial charge in [0.1, 0.15) is 0 Å². The van der Waals surface area contributed by atoms with E-state index in [2.05, 4.69) is 51.8 Å². The van der Waals surface area contributed by atoms with Crippen molar-refractivity contribution in [3.8, 4) is 0 Å². The molecule has 0 amide bonds. The lowest BCUT2D eigenvalue weighted by molar-refractivity contribution is 0.0909. The van der Waals surface area contributed by atoms with E-state index in [0.29, 0.717) is 12.1 Å². The SMILES string of the molecule is CCC(C)N(CCOC)C(C)CNC(C)(C)C. The van der Waals surface area contributed by atoms with Gasteiger partial charge in [-0.05, 0) is 41.0 Å². The first-order valence-corrected chi connectivity index (χ1v) is 6.81. The molecule has 0 aromatic rings. The summed E-state index contributed by atoms with van der Waals surface area (Å²) >= 11 is 0. The average molecular weight is 244 g/mol. The van der Waals surface area contributed by atoms with Crippen molar-refractivity contribution in [2.24, 2.45) is 0 Å². The molecule has 3 heteroatoms. The third-order valence-corrected chi connectivity index (χ3v) is 3.20. The first kappa shape index (κ1) is 16.9. The lowest BCUT2D eigenvalue weighted by Crippen LogP contribution is -2.50. The van der Waals surface area contributed by atoms with Crippen LogP contribution in [-0.2, 0) is 4.74 Å². The number of nitrogens with one attached hydrogen (secondary N) is 1. The minimum Gasteiger partial charge on any atom is -0.383 e. The maximum absolute atomic E-state index is 5.20. The van der Waals surface area contributed by atoms with Gasteiger partial charge >= 0.3 is 0 Å². The second kappa shape index (κ2) is 8.06. The summed E-state index contributed by atoms with van der Waals surface area (Å²) in [6.45, 7) is 16.3. The molecule has 0 saturated carbocycles. The van der Waals surface area contributed by atoms with Gasteiger partial charge in [-0.2, -0.15) is 0 Å². The van der Waals surface area contributed by atoms with E-state index in [9.17, 15) is 0 Å². The van der Waals surface area contributed by atoms with Gasteiger partial charge in [-0.3, -0.25) is 4.90 Å². The minimum atomic E-state index is 0.191. The lowest BCUT2D eigenvalue weighted by Gasteiger charge is -2.35. The number of hydrogen-bond donors (Lipinski definition) is 1. The fourth-order valence-corrected chi connectivity index (χ4v) is 1.88. The van der Waals surface area contributed by atoms with E-state index in [1.807, 2.05) is 0 Å². The Bertz CT molecular complexity index is 189. The molecule has 0 aliphatic carbocycles. The molecule has 0 heterocycles. The molecular formula is C14H32N2O. The molecule has 0 rings (SSSR count). The Labute approximate surface area is 108 Å². The van der Waals surface area contributed by atoms with E-state index in [0.717, 1.165) is 19.7 Å². The maximum atomic E-state index is 5.20. The van der Waals surface area contributed by atoms with E-state index in [1.165, 1.54) is 6.42 Å². The molecule has 3 nitrogen and oxygen atoms in total. The van der Waals surface area contributed by atoms with Gasteiger partial charge in [0, 0.05) is 37.8 Å². The minimum absolute atomic E-state index is 0.191. The largest absolute Gasteiger partial charge is 0.383 e. The molecule has 17 heavy (non-hydrogen) atoms. The fraction of sp³-hybridized carbons (Fsp3) is 1.00. The van der Waals surface area contributed by atoms with Crippen LogP contribution in [0.4, 0.5) is 0 Å². The summed E-state index contributed by atoms with van der Waals surface area (Å²) in [6, 6.07) is 1.15. The van der Waals surface area contributed by atoms with E-state index in [-0.39, 0.29) is 5.54 Å². The molecule has 2 unspecified atom stereocenters. The van der Waals surface area contributed by atoms with Crippen molar-refractivity contribution in [2.45, 2.75) is 65.6 Å². The van der Waals surface area contributed by atoms with Gasteiger partial charge in [0.25, 0.3) is 0 Å². The van der Waals surface area contributed by atoms with E-state index in [1.54, 1.807) is 7.11 Å². The van der Waals surface area contributed by atoms with Crippen LogP contribution in [0.1, 0.15) is 48.0 Å². The number of nitrogens with zero attached hydrogens (tertiary/aromatic N) is 1. The number of ether oxygens (including phenoxy) is 1. The van der Waals surface area contributed by atoms with Crippen LogP contribution >= 0.6 is 0 Å². The topological polar surface area (TPSA) is 24.5 Å². The second-order valence-electron chi connectivity index (χ2n) is 5.97. The van der Waals surface area contributed by atoms with Gasteiger partial charge in [0.2, 0.25) is 0 Å². The summed E-state index contributed by atoms with van der Waals surface area (Å²) in [5, 5.41) is 3.58. The molecule has 0 aromatic carbocycles. The van der Waals surface area contributed by atoms with Crippen LogP contribution in [0.2, 0.25) is 0 Å². The summed E-state index contributed by atoms with van der Waals surface area (Å²) in [7, 11) is 1.77. The molecule has 0 aliphatic rings. The van der Waals surface area contributed by atoms with Crippen LogP contribution in [-0.4, -0.2) is 49.3 Å². The molecular weight excluding hydrogens is 212 g/mol. The normalized spacial score (nSPS) is 16.2. The van der Waals surface area contributed by atoms with E-state index >= 15 is 0 Å². The average Bonchev–Trinajstić information content (AvgIpc) is 2.25. The van der Waals surface area contributed by atoms with Crippen molar-refractivity contribution in [2.75, 3.05) is 26.8 Å². The van der Waals surface area contributed by atoms with Crippen LogP contribution in [0.15, 0.2) is 0 Å². The summed E-state index contributed by atoms with van der Waals surface area (Å²) in [4.78, 5) is 2.53. The Morgan fingerprint density at radius 1 is 1.18 bits per heavy atom. The molecule has 0 fully saturated rings. The zero-order valence-electron chi connectivity index (χ0n) is 12.8. The third-order valence-electron chi connectivity index (χ3n) is 3.20. The Balaban J connectivity index is 4.26. The van der Waals surface area contributed by atoms with Crippen molar-refractivity contribution < 1.29 is 4.74 Å². The Morgan fingerprint density at radius 3 is 2.18 bits per heavy atom. The number of rotatable bonds is 8. The highest BCUT2D eigenvalue weighted by Gasteiger charge is 2.20.